The minimum atomic E-state index is -3.35. The first-order chi connectivity index (χ1) is 11.9. The van der Waals surface area contributed by atoms with Gasteiger partial charge in [-0.25, -0.2) is 8.42 Å². The quantitative estimate of drug-likeness (QED) is 0.742. The number of rotatable bonds is 5. The maximum Gasteiger partial charge on any atom is 0.273 e. The lowest BCUT2D eigenvalue weighted by Gasteiger charge is -2.20. The molecule has 0 radical (unpaired) electrons. The number of hydrogen-bond donors (Lipinski definition) is 1. The van der Waals surface area contributed by atoms with Gasteiger partial charge in [0.2, 0.25) is 0 Å². The lowest BCUT2D eigenvalue weighted by Crippen LogP contribution is -2.29. The van der Waals surface area contributed by atoms with Crippen molar-refractivity contribution >= 4 is 27.5 Å². The normalized spacial score (nSPS) is 12.5. The molecule has 0 aliphatic carbocycles. The Balaban J connectivity index is 2.01. The van der Waals surface area contributed by atoms with Gasteiger partial charge in [0.1, 0.15) is 0 Å². The summed E-state index contributed by atoms with van der Waals surface area (Å²) in [6, 6.07) is 15.4. The first-order valence-electron chi connectivity index (χ1n) is 7.38. The van der Waals surface area contributed by atoms with E-state index in [4.69, 9.17) is 0 Å². The van der Waals surface area contributed by atoms with Gasteiger partial charge in [0, 0.05) is 6.26 Å². The van der Waals surface area contributed by atoms with E-state index in [1.165, 1.54) is 12.3 Å². The SMILES string of the molecule is CS(=O)(=O)c1cccc([C@H](NC(=O)c2cnsn2)c2ccccc2)c1. The Hall–Kier alpha value is -2.58. The predicted molar refractivity (Wildman–Crippen MR) is 95.2 cm³/mol. The van der Waals surface area contributed by atoms with Crippen molar-refractivity contribution in [3.63, 3.8) is 0 Å². The number of carbonyl (C=O) groups is 1. The Bertz CT molecular complexity index is 971. The highest BCUT2D eigenvalue weighted by Crippen LogP contribution is 2.24. The fourth-order valence-corrected chi connectivity index (χ4v) is 3.49. The van der Waals surface area contributed by atoms with Crippen molar-refractivity contribution in [2.75, 3.05) is 6.26 Å². The van der Waals surface area contributed by atoms with Crippen molar-refractivity contribution in [3.05, 3.63) is 77.6 Å². The van der Waals surface area contributed by atoms with Gasteiger partial charge in [-0.05, 0) is 23.3 Å². The van der Waals surface area contributed by atoms with Gasteiger partial charge in [-0.3, -0.25) is 4.79 Å². The molecule has 1 aromatic heterocycles. The van der Waals surface area contributed by atoms with Crippen LogP contribution >= 0.6 is 11.7 Å². The molecule has 0 unspecified atom stereocenters. The molecule has 1 N–H and O–H groups in total. The van der Waals surface area contributed by atoms with E-state index >= 15 is 0 Å². The van der Waals surface area contributed by atoms with Gasteiger partial charge < -0.3 is 5.32 Å². The Morgan fingerprint density at radius 1 is 1.08 bits per heavy atom. The zero-order valence-electron chi connectivity index (χ0n) is 13.3. The molecule has 1 heterocycles. The topological polar surface area (TPSA) is 89.0 Å². The summed E-state index contributed by atoms with van der Waals surface area (Å²) in [6.07, 6.45) is 2.55. The van der Waals surface area contributed by atoms with Gasteiger partial charge in [-0.2, -0.15) is 8.75 Å². The fraction of sp³-hybridized carbons (Fsp3) is 0.118. The number of nitrogens with zero attached hydrogens (tertiary/aromatic N) is 2. The van der Waals surface area contributed by atoms with Crippen LogP contribution in [0.4, 0.5) is 0 Å². The van der Waals surface area contributed by atoms with Gasteiger partial charge in [0.05, 0.1) is 28.9 Å². The van der Waals surface area contributed by atoms with Gasteiger partial charge >= 0.3 is 0 Å². The summed E-state index contributed by atoms with van der Waals surface area (Å²) in [7, 11) is -3.35. The van der Waals surface area contributed by atoms with E-state index < -0.39 is 15.9 Å². The standard InChI is InChI=1S/C17H15N3O3S2/c1-25(22,23)14-9-5-8-13(10-14)16(12-6-3-2-4-7-12)19-17(21)15-11-18-24-20-15/h2-11,16H,1H3,(H,19,21)/t16-/m1/s1. The third-order valence-corrected chi connectivity index (χ3v) is 5.21. The highest BCUT2D eigenvalue weighted by Gasteiger charge is 2.20. The van der Waals surface area contributed by atoms with Crippen molar-refractivity contribution in [3.8, 4) is 0 Å². The van der Waals surface area contributed by atoms with Crippen LogP contribution < -0.4 is 5.32 Å². The Morgan fingerprint density at radius 3 is 2.44 bits per heavy atom. The van der Waals surface area contributed by atoms with Crippen molar-refractivity contribution in [2.45, 2.75) is 10.9 Å². The van der Waals surface area contributed by atoms with Crippen molar-refractivity contribution < 1.29 is 13.2 Å². The molecule has 25 heavy (non-hydrogen) atoms. The number of sulfone groups is 1. The molecular formula is C17H15N3O3S2. The maximum atomic E-state index is 12.4. The lowest BCUT2D eigenvalue weighted by atomic mass is 9.98. The summed E-state index contributed by atoms with van der Waals surface area (Å²) in [6.45, 7) is 0. The highest BCUT2D eigenvalue weighted by atomic mass is 32.2. The minimum Gasteiger partial charge on any atom is -0.340 e. The molecule has 0 fully saturated rings. The third-order valence-electron chi connectivity index (χ3n) is 3.62. The van der Waals surface area contributed by atoms with Crippen molar-refractivity contribution in [1.82, 2.24) is 14.1 Å². The minimum absolute atomic E-state index is 0.204. The van der Waals surface area contributed by atoms with Crippen LogP contribution in [0.5, 0.6) is 0 Å². The van der Waals surface area contributed by atoms with E-state index in [1.54, 1.807) is 18.2 Å². The van der Waals surface area contributed by atoms with E-state index in [0.29, 0.717) is 5.56 Å². The second-order valence-electron chi connectivity index (χ2n) is 5.45. The number of carbonyl (C=O) groups excluding carboxylic acids is 1. The van der Waals surface area contributed by atoms with Crippen LogP contribution in [0, 0.1) is 0 Å². The molecule has 0 saturated carbocycles. The van der Waals surface area contributed by atoms with Crippen molar-refractivity contribution in [1.29, 1.82) is 0 Å². The average molecular weight is 373 g/mol. The smallest absolute Gasteiger partial charge is 0.273 e. The second-order valence-corrected chi connectivity index (χ2v) is 8.03. The molecule has 0 spiro atoms. The molecule has 3 aromatic rings. The molecule has 3 rings (SSSR count). The lowest BCUT2D eigenvalue weighted by molar-refractivity contribution is 0.0939. The van der Waals surface area contributed by atoms with Crippen LogP contribution in [-0.2, 0) is 9.84 Å². The number of hydrogen-bond acceptors (Lipinski definition) is 6. The maximum absolute atomic E-state index is 12.4. The summed E-state index contributed by atoms with van der Waals surface area (Å²) in [5, 5.41) is 2.90. The Kier molecular flexibility index (Phi) is 4.91. The zero-order valence-corrected chi connectivity index (χ0v) is 14.9. The number of amides is 1. The fourth-order valence-electron chi connectivity index (χ4n) is 2.40. The van der Waals surface area contributed by atoms with E-state index in [1.807, 2.05) is 30.3 Å². The molecular weight excluding hydrogens is 358 g/mol. The molecule has 2 aromatic carbocycles. The predicted octanol–water partition coefficient (Wildman–Crippen LogP) is 2.46. The van der Waals surface area contributed by atoms with Crippen LogP contribution in [0.3, 0.4) is 0 Å². The van der Waals surface area contributed by atoms with E-state index in [9.17, 15) is 13.2 Å². The first kappa shape index (κ1) is 17.2. The van der Waals surface area contributed by atoms with E-state index in [2.05, 4.69) is 14.1 Å². The summed E-state index contributed by atoms with van der Waals surface area (Å²) in [5.74, 6) is -0.368. The summed E-state index contributed by atoms with van der Waals surface area (Å²) in [4.78, 5) is 12.6. The van der Waals surface area contributed by atoms with Gasteiger partial charge in [-0.15, -0.1) is 0 Å². The largest absolute Gasteiger partial charge is 0.340 e. The summed E-state index contributed by atoms with van der Waals surface area (Å²) < 4.78 is 31.5. The van der Waals surface area contributed by atoms with Crippen LogP contribution in [0.15, 0.2) is 65.7 Å². The third kappa shape index (κ3) is 4.09. The molecule has 0 bridgehead atoms. The van der Waals surface area contributed by atoms with E-state index in [-0.39, 0.29) is 16.5 Å². The van der Waals surface area contributed by atoms with Crippen molar-refractivity contribution in [2.24, 2.45) is 0 Å². The second kappa shape index (κ2) is 7.12. The van der Waals surface area contributed by atoms with Crippen LogP contribution in [0.2, 0.25) is 0 Å². The molecule has 8 heteroatoms. The zero-order chi connectivity index (χ0) is 17.9. The molecule has 0 aliphatic heterocycles. The molecule has 1 amide bonds. The summed E-state index contributed by atoms with van der Waals surface area (Å²) >= 11 is 0.952. The molecule has 0 aliphatic rings. The highest BCUT2D eigenvalue weighted by molar-refractivity contribution is 7.90. The van der Waals surface area contributed by atoms with Gasteiger partial charge in [0.15, 0.2) is 15.5 Å². The van der Waals surface area contributed by atoms with Gasteiger partial charge in [0.25, 0.3) is 5.91 Å². The monoisotopic (exact) mass is 373 g/mol. The number of nitrogens with one attached hydrogen (secondary N) is 1. The molecule has 6 nitrogen and oxygen atoms in total. The first-order valence-corrected chi connectivity index (χ1v) is 10.0. The molecule has 0 saturated heterocycles. The number of aromatic nitrogens is 2. The number of benzene rings is 2. The Morgan fingerprint density at radius 2 is 1.80 bits per heavy atom. The van der Waals surface area contributed by atoms with Crippen LogP contribution in [0.1, 0.15) is 27.7 Å². The summed E-state index contributed by atoms with van der Waals surface area (Å²) in [5.41, 5.74) is 1.74. The van der Waals surface area contributed by atoms with Crippen LogP contribution in [-0.4, -0.2) is 29.3 Å². The average Bonchev–Trinajstić information content (AvgIpc) is 3.14. The van der Waals surface area contributed by atoms with Crippen LogP contribution in [0.25, 0.3) is 0 Å². The molecule has 1 atom stereocenters. The Labute approximate surface area is 149 Å². The van der Waals surface area contributed by atoms with E-state index in [0.717, 1.165) is 23.5 Å². The molecule has 128 valence electrons. The van der Waals surface area contributed by atoms with Gasteiger partial charge in [-0.1, -0.05) is 42.5 Å².